The molecule has 10 heteroatoms. The Morgan fingerprint density at radius 2 is 1.68 bits per heavy atom. The first-order valence-corrected chi connectivity index (χ1v) is 5.48. The average molecular weight is 316 g/mol. The maximum absolute atomic E-state index is 12.1. The van der Waals surface area contributed by atoms with Gasteiger partial charge < -0.3 is 10.1 Å². The van der Waals surface area contributed by atoms with Gasteiger partial charge in [0.25, 0.3) is 0 Å². The van der Waals surface area contributed by atoms with Crippen LogP contribution in [0, 0.1) is 5.92 Å². The van der Waals surface area contributed by atoms with Crippen molar-refractivity contribution in [3.8, 4) is 0 Å². The molecule has 0 bridgehead atoms. The fourth-order valence-corrected chi connectivity index (χ4v) is 1.44. The van der Waals surface area contributed by atoms with Crippen LogP contribution < -0.4 is 5.32 Å². The van der Waals surface area contributed by atoms with Crippen LogP contribution in [0.5, 0.6) is 0 Å². The molecular formula is C9H12ClF6NO2. The number of rotatable bonds is 6. The van der Waals surface area contributed by atoms with Crippen LogP contribution in [0.4, 0.5) is 26.3 Å². The second-order valence-electron chi connectivity index (χ2n) is 3.65. The second-order valence-corrected chi connectivity index (χ2v) is 4.27. The Bertz CT molecular complexity index is 279. The minimum absolute atomic E-state index is 0.0103. The van der Waals surface area contributed by atoms with Gasteiger partial charge in [0.1, 0.15) is 0 Å². The predicted molar refractivity (Wildman–Crippen MR) is 54.7 cm³/mol. The zero-order valence-electron chi connectivity index (χ0n) is 9.74. The molecule has 1 amide bonds. The largest absolute Gasteiger partial charge is 0.409 e. The molecule has 1 atom stereocenters. The van der Waals surface area contributed by atoms with Crippen molar-refractivity contribution in [3.63, 3.8) is 0 Å². The Kier molecular flexibility index (Phi) is 6.92. The normalized spacial score (nSPS) is 14.6. The summed E-state index contributed by atoms with van der Waals surface area (Å²) < 4.78 is 77.5. The first-order chi connectivity index (χ1) is 8.50. The number of carbonyl (C=O) groups is 1. The molecule has 114 valence electrons. The summed E-state index contributed by atoms with van der Waals surface area (Å²) in [5, 5.41) is 0.956. The van der Waals surface area contributed by atoms with Crippen molar-refractivity contribution in [2.45, 2.75) is 24.2 Å². The van der Waals surface area contributed by atoms with Gasteiger partial charge in [0, 0.05) is 13.7 Å². The van der Waals surface area contributed by atoms with Crippen LogP contribution in [-0.2, 0) is 9.53 Å². The number of halogens is 7. The molecule has 0 spiro atoms. The highest BCUT2D eigenvalue weighted by Gasteiger charge is 2.60. The van der Waals surface area contributed by atoms with Gasteiger partial charge in [-0.05, 0) is 6.42 Å². The third kappa shape index (κ3) is 6.86. The molecule has 19 heavy (non-hydrogen) atoms. The fourth-order valence-electron chi connectivity index (χ4n) is 1.20. The Labute approximate surface area is 110 Å². The van der Waals surface area contributed by atoms with Gasteiger partial charge >= 0.3 is 12.4 Å². The van der Waals surface area contributed by atoms with Crippen molar-refractivity contribution < 1.29 is 35.9 Å². The van der Waals surface area contributed by atoms with Crippen LogP contribution >= 0.6 is 11.6 Å². The van der Waals surface area contributed by atoms with Crippen molar-refractivity contribution in [2.24, 2.45) is 5.92 Å². The lowest BCUT2D eigenvalue weighted by molar-refractivity contribution is -0.274. The van der Waals surface area contributed by atoms with Gasteiger partial charge in [0.15, 0.2) is 0 Å². The zero-order valence-corrected chi connectivity index (χ0v) is 10.5. The van der Waals surface area contributed by atoms with Crippen molar-refractivity contribution >= 4 is 17.5 Å². The molecule has 0 radical (unpaired) electrons. The van der Waals surface area contributed by atoms with Crippen LogP contribution in [0.1, 0.15) is 6.42 Å². The van der Waals surface area contributed by atoms with E-state index in [1.807, 2.05) is 0 Å². The minimum atomic E-state index is -5.69. The fraction of sp³-hybridized carbons (Fsp3) is 0.889. The molecule has 1 N–H and O–H groups in total. The van der Waals surface area contributed by atoms with Gasteiger partial charge in [-0.3, -0.25) is 4.79 Å². The lowest BCUT2D eigenvalue weighted by Gasteiger charge is -2.22. The van der Waals surface area contributed by atoms with Gasteiger partial charge in [-0.25, -0.2) is 0 Å². The lowest BCUT2D eigenvalue weighted by Crippen LogP contribution is -2.48. The highest BCUT2D eigenvalue weighted by molar-refractivity contribution is 6.20. The molecule has 0 aromatic heterocycles. The van der Waals surface area contributed by atoms with Gasteiger partial charge in [0.05, 0.1) is 12.0 Å². The molecule has 0 heterocycles. The van der Waals surface area contributed by atoms with Crippen LogP contribution in [0.25, 0.3) is 0 Å². The molecule has 0 aliphatic rings. The smallest absolute Gasteiger partial charge is 0.383 e. The van der Waals surface area contributed by atoms with E-state index in [1.165, 1.54) is 7.11 Å². The highest BCUT2D eigenvalue weighted by Crippen LogP contribution is 2.39. The van der Waals surface area contributed by atoms with Crippen LogP contribution in [0.2, 0.25) is 0 Å². The van der Waals surface area contributed by atoms with Crippen molar-refractivity contribution in [3.05, 3.63) is 0 Å². The number of amides is 1. The van der Waals surface area contributed by atoms with Crippen LogP contribution in [0.15, 0.2) is 0 Å². The molecular weight excluding hydrogens is 304 g/mol. The summed E-state index contributed by atoms with van der Waals surface area (Å²) in [6, 6.07) is 0. The summed E-state index contributed by atoms with van der Waals surface area (Å²) in [6.45, 7) is -0.335. The van der Waals surface area contributed by atoms with E-state index in [9.17, 15) is 31.1 Å². The molecule has 3 nitrogen and oxygen atoms in total. The van der Waals surface area contributed by atoms with Gasteiger partial charge in [-0.1, -0.05) is 0 Å². The van der Waals surface area contributed by atoms with Gasteiger partial charge in [-0.2, -0.15) is 26.3 Å². The minimum Gasteiger partial charge on any atom is -0.383 e. The highest BCUT2D eigenvalue weighted by atomic mass is 35.5. The molecule has 0 saturated carbocycles. The van der Waals surface area contributed by atoms with Crippen molar-refractivity contribution in [1.29, 1.82) is 0 Å². The van der Waals surface area contributed by atoms with E-state index in [2.05, 4.69) is 4.74 Å². The van der Waals surface area contributed by atoms with Crippen LogP contribution in [-0.4, -0.2) is 43.9 Å². The molecule has 1 unspecified atom stereocenters. The molecule has 0 saturated heterocycles. The Morgan fingerprint density at radius 3 is 2.05 bits per heavy atom. The summed E-state index contributed by atoms with van der Waals surface area (Å²) in [4.78, 5) is 11.0. The van der Waals surface area contributed by atoms with Gasteiger partial charge in [0.2, 0.25) is 11.8 Å². The Balaban J connectivity index is 4.44. The Morgan fingerprint density at radius 1 is 1.21 bits per heavy atom. The van der Waals surface area contributed by atoms with E-state index in [0.717, 1.165) is 0 Å². The number of hydrogen-bond acceptors (Lipinski definition) is 2. The maximum Gasteiger partial charge on any atom is 0.409 e. The quantitative estimate of drug-likeness (QED) is 0.604. The SMILES string of the molecule is COCC(Cl)CCNC(=O)C(C(F)(F)F)C(F)(F)F. The third-order valence-corrected chi connectivity index (χ3v) is 2.37. The molecule has 0 aromatic carbocycles. The van der Waals surface area contributed by atoms with E-state index < -0.39 is 36.1 Å². The van der Waals surface area contributed by atoms with Crippen molar-refractivity contribution in [1.82, 2.24) is 5.32 Å². The topological polar surface area (TPSA) is 38.3 Å². The van der Waals surface area contributed by atoms with Crippen LogP contribution in [0.3, 0.4) is 0 Å². The van der Waals surface area contributed by atoms with E-state index in [0.29, 0.717) is 0 Å². The van der Waals surface area contributed by atoms with E-state index in [1.54, 1.807) is 5.32 Å². The zero-order chi connectivity index (χ0) is 15.3. The standard InChI is InChI=1S/C9H12ClF6NO2/c1-19-4-5(10)2-3-17-7(18)6(8(11,12)13)9(14,15)16/h5-6H,2-4H2,1H3,(H,17,18). The number of ether oxygens (including phenoxy) is 1. The summed E-state index contributed by atoms with van der Waals surface area (Å²) in [5.74, 6) is -6.17. The molecule has 0 aliphatic heterocycles. The molecule has 0 aromatic rings. The lowest BCUT2D eigenvalue weighted by atomic mass is 10.1. The number of carbonyl (C=O) groups excluding carboxylic acids is 1. The summed E-state index contributed by atoms with van der Waals surface area (Å²) in [5.41, 5.74) is 0. The second kappa shape index (κ2) is 7.18. The first-order valence-electron chi connectivity index (χ1n) is 5.04. The number of nitrogens with one attached hydrogen (secondary N) is 1. The molecule has 0 aliphatic carbocycles. The number of alkyl halides is 7. The van der Waals surface area contributed by atoms with Crippen molar-refractivity contribution in [2.75, 3.05) is 20.3 Å². The van der Waals surface area contributed by atoms with E-state index in [-0.39, 0.29) is 13.0 Å². The maximum atomic E-state index is 12.1. The first kappa shape index (κ1) is 18.3. The number of methoxy groups -OCH3 is 1. The molecule has 0 fully saturated rings. The summed E-state index contributed by atoms with van der Waals surface area (Å²) >= 11 is 5.60. The van der Waals surface area contributed by atoms with Gasteiger partial charge in [-0.15, -0.1) is 11.6 Å². The molecule has 0 rings (SSSR count). The average Bonchev–Trinajstić information content (AvgIpc) is 2.12. The van der Waals surface area contributed by atoms with E-state index >= 15 is 0 Å². The monoisotopic (exact) mass is 315 g/mol. The van der Waals surface area contributed by atoms with E-state index in [4.69, 9.17) is 11.6 Å². The predicted octanol–water partition coefficient (Wildman–Crippen LogP) is 2.49. The summed E-state index contributed by atoms with van der Waals surface area (Å²) in [6.07, 6.45) is -11.4. The third-order valence-electron chi connectivity index (χ3n) is 2.02. The summed E-state index contributed by atoms with van der Waals surface area (Å²) in [7, 11) is 1.33. The Hall–Kier alpha value is -0.700. The number of hydrogen-bond donors (Lipinski definition) is 1.